The number of amides is 1. The molecule has 0 aliphatic heterocycles. The van der Waals surface area contributed by atoms with Crippen molar-refractivity contribution in [3.63, 3.8) is 0 Å². The van der Waals surface area contributed by atoms with Crippen LogP contribution in [0.2, 0.25) is 0 Å². The Kier molecular flexibility index (Phi) is 4.90. The van der Waals surface area contributed by atoms with E-state index in [9.17, 15) is 14.7 Å². The molecule has 2 N–H and O–H groups in total. The van der Waals surface area contributed by atoms with Gasteiger partial charge in [0.05, 0.1) is 23.1 Å². The maximum Gasteiger partial charge on any atom is 0.337 e. The highest BCUT2D eigenvalue weighted by atomic mass is 16.4. The predicted octanol–water partition coefficient (Wildman–Crippen LogP) is 4.96. The maximum atomic E-state index is 12.8. The van der Waals surface area contributed by atoms with Gasteiger partial charge in [0.2, 0.25) is 0 Å². The van der Waals surface area contributed by atoms with Crippen LogP contribution in [0.25, 0.3) is 22.5 Å². The number of hydrogen-bond acceptors (Lipinski definition) is 4. The lowest BCUT2D eigenvalue weighted by Crippen LogP contribution is -2.15. The van der Waals surface area contributed by atoms with E-state index in [1.165, 1.54) is 18.5 Å². The summed E-state index contributed by atoms with van der Waals surface area (Å²) in [5.74, 6) is -1.01. The molecule has 142 valence electrons. The number of carbonyl (C=O) groups is 2. The van der Waals surface area contributed by atoms with E-state index in [0.29, 0.717) is 16.9 Å². The molecule has 0 atom stereocenters. The van der Waals surface area contributed by atoms with Gasteiger partial charge in [0, 0.05) is 23.5 Å². The zero-order valence-corrected chi connectivity index (χ0v) is 15.2. The first kappa shape index (κ1) is 18.2. The summed E-state index contributed by atoms with van der Waals surface area (Å²) in [6.45, 7) is 0. The highest BCUT2D eigenvalue weighted by molar-refractivity contribution is 6.08. The Labute approximate surface area is 166 Å². The van der Waals surface area contributed by atoms with E-state index in [-0.39, 0.29) is 11.3 Å². The number of hydrogen-bond donors (Lipinski definition) is 2. The van der Waals surface area contributed by atoms with Crippen LogP contribution in [0.15, 0.2) is 89.8 Å². The van der Waals surface area contributed by atoms with Gasteiger partial charge >= 0.3 is 5.97 Å². The summed E-state index contributed by atoms with van der Waals surface area (Å²) >= 11 is 0. The van der Waals surface area contributed by atoms with Crippen LogP contribution in [0.3, 0.4) is 0 Å². The van der Waals surface area contributed by atoms with Gasteiger partial charge in [-0.15, -0.1) is 0 Å². The van der Waals surface area contributed by atoms with Crippen molar-refractivity contribution in [2.24, 2.45) is 0 Å². The second-order valence-corrected chi connectivity index (χ2v) is 6.33. The van der Waals surface area contributed by atoms with Crippen molar-refractivity contribution >= 4 is 17.6 Å². The summed E-state index contributed by atoms with van der Waals surface area (Å²) < 4.78 is 5.36. The number of aromatic nitrogens is 1. The first-order chi connectivity index (χ1) is 14.1. The van der Waals surface area contributed by atoms with Crippen LogP contribution in [-0.4, -0.2) is 22.0 Å². The van der Waals surface area contributed by atoms with Crippen LogP contribution in [-0.2, 0) is 0 Å². The normalized spacial score (nSPS) is 10.5. The van der Waals surface area contributed by atoms with Crippen molar-refractivity contribution in [3.05, 3.63) is 96.5 Å². The fourth-order valence-corrected chi connectivity index (χ4v) is 2.98. The fourth-order valence-electron chi connectivity index (χ4n) is 2.98. The van der Waals surface area contributed by atoms with Gasteiger partial charge in [0.1, 0.15) is 5.76 Å². The highest BCUT2D eigenvalue weighted by Crippen LogP contribution is 2.27. The van der Waals surface area contributed by atoms with Gasteiger partial charge in [-0.05, 0) is 35.9 Å². The number of furan rings is 1. The van der Waals surface area contributed by atoms with Gasteiger partial charge in [-0.1, -0.05) is 36.4 Å². The number of aromatic carboxylic acids is 1. The molecular formula is C23H16N2O4. The quantitative estimate of drug-likeness (QED) is 0.507. The number of pyridine rings is 1. The molecular weight excluding hydrogens is 368 g/mol. The molecule has 6 nitrogen and oxygen atoms in total. The summed E-state index contributed by atoms with van der Waals surface area (Å²) in [6, 6.07) is 19.4. The number of carbonyl (C=O) groups excluding carboxylic acids is 1. The van der Waals surface area contributed by atoms with Crippen molar-refractivity contribution in [2.75, 3.05) is 5.32 Å². The summed E-state index contributed by atoms with van der Waals surface area (Å²) in [6.07, 6.45) is 4.64. The maximum absolute atomic E-state index is 12.8. The number of nitrogens with zero attached hydrogens (tertiary/aromatic N) is 1. The Morgan fingerprint density at radius 1 is 0.862 bits per heavy atom. The van der Waals surface area contributed by atoms with Crippen LogP contribution in [0.5, 0.6) is 0 Å². The third kappa shape index (κ3) is 3.91. The monoisotopic (exact) mass is 384 g/mol. The van der Waals surface area contributed by atoms with Crippen molar-refractivity contribution in [3.8, 4) is 22.5 Å². The molecule has 0 bridgehead atoms. The van der Waals surface area contributed by atoms with E-state index >= 15 is 0 Å². The fraction of sp³-hybridized carbons (Fsp3) is 0. The second kappa shape index (κ2) is 7.82. The lowest BCUT2D eigenvalue weighted by Gasteiger charge is -2.11. The molecule has 0 saturated heterocycles. The molecule has 2 aromatic carbocycles. The van der Waals surface area contributed by atoms with Crippen LogP contribution in [0.1, 0.15) is 20.7 Å². The molecule has 4 rings (SSSR count). The van der Waals surface area contributed by atoms with Crippen molar-refractivity contribution in [1.29, 1.82) is 0 Å². The Bertz CT molecular complexity index is 1170. The predicted molar refractivity (Wildman–Crippen MR) is 109 cm³/mol. The van der Waals surface area contributed by atoms with E-state index in [1.807, 2.05) is 30.3 Å². The number of anilines is 1. The molecule has 29 heavy (non-hydrogen) atoms. The SMILES string of the molecule is O=C(Nc1cc(-c2ccco2)ccc1C(=O)O)c1cncc(-c2ccccc2)c1. The summed E-state index contributed by atoms with van der Waals surface area (Å²) in [4.78, 5) is 28.5. The van der Waals surface area contributed by atoms with E-state index < -0.39 is 11.9 Å². The Balaban J connectivity index is 1.66. The van der Waals surface area contributed by atoms with E-state index in [2.05, 4.69) is 10.3 Å². The molecule has 2 aromatic heterocycles. The molecule has 0 aliphatic carbocycles. The first-order valence-electron chi connectivity index (χ1n) is 8.85. The molecule has 0 unspecified atom stereocenters. The second-order valence-electron chi connectivity index (χ2n) is 6.33. The zero-order chi connectivity index (χ0) is 20.2. The number of benzene rings is 2. The van der Waals surface area contributed by atoms with E-state index in [4.69, 9.17) is 4.42 Å². The molecule has 4 aromatic rings. The van der Waals surface area contributed by atoms with Gasteiger partial charge in [-0.3, -0.25) is 9.78 Å². The lowest BCUT2D eigenvalue weighted by atomic mass is 10.0. The zero-order valence-electron chi connectivity index (χ0n) is 15.2. The Morgan fingerprint density at radius 3 is 2.41 bits per heavy atom. The molecule has 1 amide bonds. The van der Waals surface area contributed by atoms with Crippen LogP contribution in [0.4, 0.5) is 5.69 Å². The minimum atomic E-state index is -1.14. The molecule has 6 heteroatoms. The van der Waals surface area contributed by atoms with Crippen LogP contribution >= 0.6 is 0 Å². The van der Waals surface area contributed by atoms with Gasteiger partial charge in [0.25, 0.3) is 5.91 Å². The summed E-state index contributed by atoms with van der Waals surface area (Å²) in [7, 11) is 0. The lowest BCUT2D eigenvalue weighted by molar-refractivity contribution is 0.0698. The average molecular weight is 384 g/mol. The molecule has 0 fully saturated rings. The van der Waals surface area contributed by atoms with Crippen LogP contribution < -0.4 is 5.32 Å². The summed E-state index contributed by atoms with van der Waals surface area (Å²) in [5.41, 5.74) is 2.88. The van der Waals surface area contributed by atoms with Crippen molar-refractivity contribution < 1.29 is 19.1 Å². The van der Waals surface area contributed by atoms with Gasteiger partial charge in [0.15, 0.2) is 0 Å². The molecule has 0 aliphatic rings. The topological polar surface area (TPSA) is 92.4 Å². The van der Waals surface area contributed by atoms with Crippen molar-refractivity contribution in [1.82, 2.24) is 4.98 Å². The van der Waals surface area contributed by atoms with Gasteiger partial charge in [-0.25, -0.2) is 4.79 Å². The highest BCUT2D eigenvalue weighted by Gasteiger charge is 2.16. The minimum absolute atomic E-state index is 0.0131. The first-order valence-corrected chi connectivity index (χ1v) is 8.85. The largest absolute Gasteiger partial charge is 0.478 e. The molecule has 2 heterocycles. The Morgan fingerprint density at radius 2 is 1.69 bits per heavy atom. The van der Waals surface area contributed by atoms with E-state index in [0.717, 1.165) is 11.1 Å². The minimum Gasteiger partial charge on any atom is -0.478 e. The van der Waals surface area contributed by atoms with Gasteiger partial charge < -0.3 is 14.8 Å². The standard InChI is InChI=1S/C23H16N2O4/c26-22(18-11-17(13-24-14-18)15-5-2-1-3-6-15)25-20-12-16(21-7-4-10-29-21)8-9-19(20)23(27)28/h1-14H,(H,25,26)(H,27,28). The average Bonchev–Trinajstić information content (AvgIpc) is 3.29. The van der Waals surface area contributed by atoms with Crippen molar-refractivity contribution in [2.45, 2.75) is 0 Å². The van der Waals surface area contributed by atoms with Crippen LogP contribution in [0, 0.1) is 0 Å². The summed E-state index contributed by atoms with van der Waals surface area (Å²) in [5, 5.41) is 12.2. The molecule has 0 radical (unpaired) electrons. The number of rotatable bonds is 5. The van der Waals surface area contributed by atoms with E-state index in [1.54, 1.807) is 36.5 Å². The Hall–Kier alpha value is -4.19. The third-order valence-corrected chi connectivity index (χ3v) is 4.41. The smallest absolute Gasteiger partial charge is 0.337 e. The van der Waals surface area contributed by atoms with Gasteiger partial charge in [-0.2, -0.15) is 0 Å². The number of carboxylic acid groups (broad SMARTS) is 1. The number of carboxylic acids is 1. The number of nitrogens with one attached hydrogen (secondary N) is 1. The molecule has 0 spiro atoms. The molecule has 0 saturated carbocycles. The third-order valence-electron chi connectivity index (χ3n) is 4.41.